The summed E-state index contributed by atoms with van der Waals surface area (Å²) in [5, 5.41) is 22.4. The van der Waals surface area contributed by atoms with E-state index in [-0.39, 0.29) is 49.9 Å². The zero-order valence-corrected chi connectivity index (χ0v) is 19.3. The van der Waals surface area contributed by atoms with E-state index in [1.54, 1.807) is 0 Å². The summed E-state index contributed by atoms with van der Waals surface area (Å²) >= 11 is 0. The molecule has 2 aromatic rings. The second kappa shape index (κ2) is 7.81. The summed E-state index contributed by atoms with van der Waals surface area (Å²) in [6.45, 7) is 0.294. The molecule has 8 nitrogen and oxygen atoms in total. The van der Waals surface area contributed by atoms with Gasteiger partial charge in [-0.15, -0.1) is 0 Å². The number of carboxylic acids is 1. The highest BCUT2D eigenvalue weighted by molar-refractivity contribution is 5.89. The van der Waals surface area contributed by atoms with Crippen LogP contribution in [0, 0.1) is 11.3 Å². The van der Waals surface area contributed by atoms with Crippen LogP contribution >= 0.6 is 0 Å². The van der Waals surface area contributed by atoms with Crippen molar-refractivity contribution in [2.45, 2.75) is 43.2 Å². The molecule has 0 spiro atoms. The van der Waals surface area contributed by atoms with E-state index in [1.807, 2.05) is 24.3 Å². The number of aliphatic carboxylic acids is 1. The average molecular weight is 477 g/mol. The molecule has 3 N–H and O–H groups in total. The number of β-amino-alcohol motifs (C(OH)–C–C–N with tert-alkyl or cyclic N) is 1. The molecule has 35 heavy (non-hydrogen) atoms. The number of hydrogen-bond donors (Lipinski definition) is 3. The number of nitrogens with zero attached hydrogens (tertiary/aromatic N) is 1. The number of amides is 2. The normalized spacial score (nSPS) is 30.4. The molecule has 2 aromatic carbocycles. The van der Waals surface area contributed by atoms with E-state index in [0.29, 0.717) is 12.8 Å². The molecular formula is C27H28N2O6. The Balaban J connectivity index is 1.06. The number of likely N-dealkylation sites (tertiary alicyclic amines) is 1. The van der Waals surface area contributed by atoms with E-state index in [9.17, 15) is 24.6 Å². The number of carbonyl (C=O) groups excluding carboxylic acids is 2. The minimum atomic E-state index is -1.87. The lowest BCUT2D eigenvalue weighted by Crippen LogP contribution is -2.44. The molecule has 0 bridgehead atoms. The van der Waals surface area contributed by atoms with E-state index in [4.69, 9.17) is 4.74 Å². The largest absolute Gasteiger partial charge is 0.479 e. The van der Waals surface area contributed by atoms with Crippen LogP contribution in [0.15, 0.2) is 48.5 Å². The first-order chi connectivity index (χ1) is 16.8. The molecule has 2 saturated carbocycles. The molecule has 4 atom stereocenters. The third-order valence-corrected chi connectivity index (χ3v) is 8.44. The summed E-state index contributed by atoms with van der Waals surface area (Å²) in [6, 6.07) is 16.2. The summed E-state index contributed by atoms with van der Waals surface area (Å²) < 4.78 is 5.65. The number of carbonyl (C=O) groups is 3. The van der Waals surface area contributed by atoms with Crippen LogP contribution in [0.1, 0.15) is 42.7 Å². The summed E-state index contributed by atoms with van der Waals surface area (Å²) in [6.07, 6.45) is 1.52. The molecular weight excluding hydrogens is 448 g/mol. The molecule has 4 aliphatic rings. The Bertz CT molecular complexity index is 1180. The number of ether oxygens (including phenoxy) is 1. The molecule has 182 valence electrons. The second-order valence-corrected chi connectivity index (χ2v) is 10.5. The molecule has 3 aliphatic carbocycles. The number of carboxylic acid groups (broad SMARTS) is 1. The maximum Gasteiger partial charge on any atom is 0.407 e. The van der Waals surface area contributed by atoms with Crippen molar-refractivity contribution in [2.75, 3.05) is 19.7 Å². The summed E-state index contributed by atoms with van der Waals surface area (Å²) in [5.74, 6) is -1.23. The lowest BCUT2D eigenvalue weighted by Gasteiger charge is -2.24. The molecule has 8 heteroatoms. The van der Waals surface area contributed by atoms with Gasteiger partial charge >= 0.3 is 12.1 Å². The van der Waals surface area contributed by atoms with Gasteiger partial charge in [-0.05, 0) is 47.4 Å². The molecule has 6 rings (SSSR count). The second-order valence-electron chi connectivity index (χ2n) is 10.5. The first kappa shape index (κ1) is 22.1. The summed E-state index contributed by atoms with van der Waals surface area (Å²) in [5.41, 5.74) is 2.23. The van der Waals surface area contributed by atoms with Gasteiger partial charge in [-0.1, -0.05) is 48.5 Å². The molecule has 1 heterocycles. The smallest absolute Gasteiger partial charge is 0.407 e. The SMILES string of the molecule is O=C(N[C@@H]1C[C@H]2C[C@@]2(C(=O)N2CCC(O)(C(=O)O)C2)C1)OCC1c2ccccc2-c2ccccc21. The number of alkyl carbamates (subject to hydrolysis) is 1. The fourth-order valence-corrected chi connectivity index (χ4v) is 6.53. The number of hydrogen-bond acceptors (Lipinski definition) is 5. The van der Waals surface area contributed by atoms with Crippen LogP contribution in [-0.2, 0) is 14.3 Å². The van der Waals surface area contributed by atoms with Crippen LogP contribution in [0.5, 0.6) is 0 Å². The Morgan fingerprint density at radius 1 is 1.03 bits per heavy atom. The number of benzene rings is 2. The van der Waals surface area contributed by atoms with Gasteiger partial charge in [-0.3, -0.25) is 4.79 Å². The van der Waals surface area contributed by atoms with Crippen molar-refractivity contribution in [1.29, 1.82) is 0 Å². The van der Waals surface area contributed by atoms with Gasteiger partial charge in [-0.25, -0.2) is 9.59 Å². The van der Waals surface area contributed by atoms with E-state index in [0.717, 1.165) is 17.5 Å². The van der Waals surface area contributed by atoms with Crippen molar-refractivity contribution in [3.05, 3.63) is 59.7 Å². The Labute approximate surface area is 202 Å². The van der Waals surface area contributed by atoms with Gasteiger partial charge in [0.05, 0.1) is 12.0 Å². The van der Waals surface area contributed by atoms with Crippen LogP contribution in [0.4, 0.5) is 4.79 Å². The predicted molar refractivity (Wildman–Crippen MR) is 126 cm³/mol. The number of fused-ring (bicyclic) bond motifs is 4. The third-order valence-electron chi connectivity index (χ3n) is 8.44. The molecule has 0 radical (unpaired) electrons. The monoisotopic (exact) mass is 476 g/mol. The topological polar surface area (TPSA) is 116 Å². The van der Waals surface area contributed by atoms with Crippen LogP contribution < -0.4 is 5.32 Å². The van der Waals surface area contributed by atoms with Crippen molar-refractivity contribution in [3.8, 4) is 11.1 Å². The molecule has 1 aliphatic heterocycles. The van der Waals surface area contributed by atoms with Gasteiger partial charge < -0.3 is 25.2 Å². The van der Waals surface area contributed by atoms with Crippen molar-refractivity contribution < 1.29 is 29.3 Å². The molecule has 2 amide bonds. The molecule has 3 fully saturated rings. The van der Waals surface area contributed by atoms with Crippen LogP contribution in [0.3, 0.4) is 0 Å². The summed E-state index contributed by atoms with van der Waals surface area (Å²) in [7, 11) is 0. The Morgan fingerprint density at radius 2 is 1.69 bits per heavy atom. The van der Waals surface area contributed by atoms with Crippen LogP contribution in [0.2, 0.25) is 0 Å². The van der Waals surface area contributed by atoms with Crippen molar-refractivity contribution in [1.82, 2.24) is 10.2 Å². The Kier molecular flexibility index (Phi) is 4.93. The number of aliphatic hydroxyl groups is 1. The van der Waals surface area contributed by atoms with Gasteiger partial charge in [0.25, 0.3) is 0 Å². The van der Waals surface area contributed by atoms with Gasteiger partial charge in [0.2, 0.25) is 5.91 Å². The highest BCUT2D eigenvalue weighted by atomic mass is 16.5. The molecule has 0 aromatic heterocycles. The predicted octanol–water partition coefficient (Wildman–Crippen LogP) is 2.74. The van der Waals surface area contributed by atoms with E-state index in [1.165, 1.54) is 16.0 Å². The average Bonchev–Trinajstić information content (AvgIpc) is 3.14. The van der Waals surface area contributed by atoms with Crippen LogP contribution in [-0.4, -0.2) is 64.4 Å². The standard InChI is InChI=1S/C27H28N2O6/c30-23(29-10-9-27(34,15-29)24(31)32)26-12-16(26)11-17(13-26)28-25(33)35-14-22-20-7-3-1-5-18(20)19-6-2-4-8-21(19)22/h1-8,16-17,22,34H,9-15H2,(H,28,33)(H,31,32)/t16-,17+,26+,27?/m0/s1. The fourth-order valence-electron chi connectivity index (χ4n) is 6.53. The van der Waals surface area contributed by atoms with Crippen LogP contribution in [0.25, 0.3) is 11.1 Å². The zero-order chi connectivity index (χ0) is 24.4. The first-order valence-electron chi connectivity index (χ1n) is 12.2. The molecule has 1 unspecified atom stereocenters. The van der Waals surface area contributed by atoms with Gasteiger partial charge in [0.15, 0.2) is 5.60 Å². The van der Waals surface area contributed by atoms with Crippen molar-refractivity contribution in [3.63, 3.8) is 0 Å². The first-order valence-corrected chi connectivity index (χ1v) is 12.2. The Morgan fingerprint density at radius 3 is 2.31 bits per heavy atom. The summed E-state index contributed by atoms with van der Waals surface area (Å²) in [4.78, 5) is 38.6. The van der Waals surface area contributed by atoms with Gasteiger partial charge in [0.1, 0.15) is 6.61 Å². The van der Waals surface area contributed by atoms with Gasteiger partial charge in [-0.2, -0.15) is 0 Å². The lowest BCUT2D eigenvalue weighted by atomic mass is 9.98. The van der Waals surface area contributed by atoms with E-state index in [2.05, 4.69) is 29.6 Å². The minimum absolute atomic E-state index is 0.0128. The molecule has 1 saturated heterocycles. The Hall–Kier alpha value is -3.39. The third kappa shape index (κ3) is 3.50. The maximum atomic E-state index is 13.2. The minimum Gasteiger partial charge on any atom is -0.479 e. The number of rotatable bonds is 5. The van der Waals surface area contributed by atoms with Gasteiger partial charge in [0, 0.05) is 24.9 Å². The van der Waals surface area contributed by atoms with Crippen molar-refractivity contribution >= 4 is 18.0 Å². The fraction of sp³-hybridized carbons (Fsp3) is 0.444. The highest BCUT2D eigenvalue weighted by Crippen LogP contribution is 2.64. The van der Waals surface area contributed by atoms with E-state index >= 15 is 0 Å². The lowest BCUT2D eigenvalue weighted by molar-refractivity contribution is -0.157. The quantitative estimate of drug-likeness (QED) is 0.611. The number of nitrogens with one attached hydrogen (secondary N) is 1. The maximum absolute atomic E-state index is 13.2. The zero-order valence-electron chi connectivity index (χ0n) is 19.3. The highest BCUT2D eigenvalue weighted by Gasteiger charge is 2.67. The van der Waals surface area contributed by atoms with E-state index < -0.39 is 23.1 Å². The van der Waals surface area contributed by atoms with Crippen molar-refractivity contribution in [2.24, 2.45) is 11.3 Å².